The quantitative estimate of drug-likeness (QED) is 0.929. The molecule has 104 valence electrons. The summed E-state index contributed by atoms with van der Waals surface area (Å²) in [5.41, 5.74) is 2.11. The van der Waals surface area contributed by atoms with Gasteiger partial charge in [-0.3, -0.25) is 9.78 Å². The number of aromatic nitrogens is 1. The molecule has 2 aromatic rings. The highest BCUT2D eigenvalue weighted by molar-refractivity contribution is 5.97. The average molecular weight is 270 g/mol. The van der Waals surface area contributed by atoms with Gasteiger partial charge in [0.15, 0.2) is 0 Å². The van der Waals surface area contributed by atoms with Crippen molar-refractivity contribution in [3.8, 4) is 5.75 Å². The first-order valence-electron chi connectivity index (χ1n) is 6.60. The maximum absolute atomic E-state index is 12.5. The second-order valence-electron chi connectivity index (χ2n) is 4.66. The molecule has 0 saturated carbocycles. The lowest BCUT2D eigenvalue weighted by Crippen LogP contribution is -2.30. The molecule has 0 aliphatic heterocycles. The zero-order chi connectivity index (χ0) is 14.5. The van der Waals surface area contributed by atoms with Crippen LogP contribution in [0.3, 0.4) is 0 Å². The number of nitrogens with zero attached hydrogens (tertiary/aromatic N) is 2. The van der Waals surface area contributed by atoms with E-state index in [1.165, 1.54) is 0 Å². The maximum Gasteiger partial charge on any atom is 0.257 e. The zero-order valence-electron chi connectivity index (χ0n) is 11.7. The molecular formula is C16H18N2O2. The van der Waals surface area contributed by atoms with Crippen LogP contribution in [-0.4, -0.2) is 27.4 Å². The number of carbonyl (C=O) groups excluding carboxylic acids is 1. The van der Waals surface area contributed by atoms with Crippen LogP contribution < -0.4 is 0 Å². The predicted octanol–water partition coefficient (Wildman–Crippen LogP) is 2.76. The van der Waals surface area contributed by atoms with Crippen LogP contribution in [0.25, 0.3) is 0 Å². The normalized spacial score (nSPS) is 10.3. The summed E-state index contributed by atoms with van der Waals surface area (Å²) in [6.07, 6.45) is 1.71. The van der Waals surface area contributed by atoms with E-state index in [2.05, 4.69) is 4.98 Å². The minimum atomic E-state index is -0.181. The number of benzene rings is 1. The summed E-state index contributed by atoms with van der Waals surface area (Å²) >= 11 is 0. The molecule has 1 aromatic carbocycles. The Hall–Kier alpha value is -2.36. The Bertz CT molecular complexity index is 597. The molecule has 4 nitrogen and oxygen atoms in total. The standard InChI is InChI=1S/C16H18N2O2/c1-3-18(11-13-6-4-5-9-17-13)16(20)14-10-12(2)7-8-15(14)19/h4-10,19H,3,11H2,1-2H3. The van der Waals surface area contributed by atoms with Crippen LogP contribution in [0.2, 0.25) is 0 Å². The highest BCUT2D eigenvalue weighted by Gasteiger charge is 2.18. The number of phenolic OH excluding ortho intramolecular Hbond substituents is 1. The van der Waals surface area contributed by atoms with Crippen LogP contribution in [0.15, 0.2) is 42.6 Å². The van der Waals surface area contributed by atoms with Gasteiger partial charge in [-0.15, -0.1) is 0 Å². The largest absolute Gasteiger partial charge is 0.507 e. The molecule has 1 amide bonds. The third-order valence-corrected chi connectivity index (χ3v) is 3.13. The van der Waals surface area contributed by atoms with E-state index in [0.29, 0.717) is 18.7 Å². The Balaban J connectivity index is 2.23. The minimum absolute atomic E-state index is 0.0140. The van der Waals surface area contributed by atoms with Crippen molar-refractivity contribution >= 4 is 5.91 Å². The summed E-state index contributed by atoms with van der Waals surface area (Å²) in [5.74, 6) is -0.167. The van der Waals surface area contributed by atoms with Gasteiger partial charge in [0.2, 0.25) is 0 Å². The third-order valence-electron chi connectivity index (χ3n) is 3.13. The lowest BCUT2D eigenvalue weighted by molar-refractivity contribution is 0.0747. The molecule has 20 heavy (non-hydrogen) atoms. The van der Waals surface area contributed by atoms with E-state index in [4.69, 9.17) is 0 Å². The molecule has 2 rings (SSSR count). The van der Waals surface area contributed by atoms with Crippen molar-refractivity contribution in [2.75, 3.05) is 6.54 Å². The predicted molar refractivity (Wildman–Crippen MR) is 77.5 cm³/mol. The number of rotatable bonds is 4. The van der Waals surface area contributed by atoms with Crippen molar-refractivity contribution in [2.24, 2.45) is 0 Å². The Morgan fingerprint density at radius 2 is 2.10 bits per heavy atom. The van der Waals surface area contributed by atoms with Gasteiger partial charge >= 0.3 is 0 Å². The number of aromatic hydroxyl groups is 1. The number of amides is 1. The number of phenols is 1. The molecule has 4 heteroatoms. The summed E-state index contributed by atoms with van der Waals surface area (Å²) in [7, 11) is 0. The van der Waals surface area contributed by atoms with Gasteiger partial charge in [0.05, 0.1) is 17.8 Å². The number of hydrogen-bond acceptors (Lipinski definition) is 3. The van der Waals surface area contributed by atoms with Crippen LogP contribution >= 0.6 is 0 Å². The minimum Gasteiger partial charge on any atom is -0.507 e. The van der Waals surface area contributed by atoms with Gasteiger partial charge in [0, 0.05) is 12.7 Å². The molecular weight excluding hydrogens is 252 g/mol. The molecule has 1 heterocycles. The topological polar surface area (TPSA) is 53.4 Å². The lowest BCUT2D eigenvalue weighted by Gasteiger charge is -2.21. The fraction of sp³-hybridized carbons (Fsp3) is 0.250. The van der Waals surface area contributed by atoms with E-state index >= 15 is 0 Å². The third kappa shape index (κ3) is 3.15. The lowest BCUT2D eigenvalue weighted by atomic mass is 10.1. The van der Waals surface area contributed by atoms with Crippen LogP contribution in [0.5, 0.6) is 5.75 Å². The molecule has 0 radical (unpaired) electrons. The van der Waals surface area contributed by atoms with Crippen LogP contribution in [0.4, 0.5) is 0 Å². The van der Waals surface area contributed by atoms with Crippen molar-refractivity contribution in [1.82, 2.24) is 9.88 Å². The highest BCUT2D eigenvalue weighted by Crippen LogP contribution is 2.20. The molecule has 0 aliphatic rings. The summed E-state index contributed by atoms with van der Waals surface area (Å²) < 4.78 is 0. The van der Waals surface area contributed by atoms with Crippen LogP contribution in [0, 0.1) is 6.92 Å². The first-order valence-corrected chi connectivity index (χ1v) is 6.60. The molecule has 0 aliphatic carbocycles. The maximum atomic E-state index is 12.5. The van der Waals surface area contributed by atoms with E-state index in [9.17, 15) is 9.90 Å². The molecule has 0 bridgehead atoms. The first-order chi connectivity index (χ1) is 9.61. The molecule has 0 atom stereocenters. The summed E-state index contributed by atoms with van der Waals surface area (Å²) in [5, 5.41) is 9.85. The van der Waals surface area contributed by atoms with Crippen LogP contribution in [-0.2, 0) is 6.54 Å². The zero-order valence-corrected chi connectivity index (χ0v) is 11.7. The summed E-state index contributed by atoms with van der Waals surface area (Å²) in [4.78, 5) is 18.4. The van der Waals surface area contributed by atoms with E-state index in [0.717, 1.165) is 11.3 Å². The molecule has 0 unspecified atom stereocenters. The van der Waals surface area contributed by atoms with Gasteiger partial charge in [0.1, 0.15) is 5.75 Å². The van der Waals surface area contributed by atoms with E-state index < -0.39 is 0 Å². The molecule has 1 aromatic heterocycles. The Morgan fingerprint density at radius 1 is 1.30 bits per heavy atom. The Kier molecular flexibility index (Phi) is 4.35. The van der Waals surface area contributed by atoms with Crippen LogP contribution in [0.1, 0.15) is 28.5 Å². The van der Waals surface area contributed by atoms with Crippen molar-refractivity contribution in [3.05, 3.63) is 59.4 Å². The van der Waals surface area contributed by atoms with E-state index in [1.807, 2.05) is 32.0 Å². The van der Waals surface area contributed by atoms with Gasteiger partial charge < -0.3 is 10.0 Å². The fourth-order valence-corrected chi connectivity index (χ4v) is 2.01. The van der Waals surface area contributed by atoms with Crippen molar-refractivity contribution in [2.45, 2.75) is 20.4 Å². The summed E-state index contributed by atoms with van der Waals surface area (Å²) in [6, 6.07) is 10.7. The number of pyridine rings is 1. The van der Waals surface area contributed by atoms with E-state index in [-0.39, 0.29) is 11.7 Å². The first kappa shape index (κ1) is 14.1. The second-order valence-corrected chi connectivity index (χ2v) is 4.66. The molecule has 0 fully saturated rings. The van der Waals surface area contributed by atoms with Crippen molar-refractivity contribution in [1.29, 1.82) is 0 Å². The SMILES string of the molecule is CCN(Cc1ccccn1)C(=O)c1cc(C)ccc1O. The molecule has 0 spiro atoms. The van der Waals surface area contributed by atoms with Gasteiger partial charge in [-0.2, -0.15) is 0 Å². The second kappa shape index (κ2) is 6.19. The number of aryl methyl sites for hydroxylation is 1. The number of carbonyl (C=O) groups is 1. The Labute approximate surface area is 118 Å². The average Bonchev–Trinajstić information content (AvgIpc) is 2.47. The number of hydrogen-bond donors (Lipinski definition) is 1. The van der Waals surface area contributed by atoms with Gasteiger partial charge in [0.25, 0.3) is 5.91 Å². The van der Waals surface area contributed by atoms with Gasteiger partial charge in [-0.1, -0.05) is 17.7 Å². The van der Waals surface area contributed by atoms with Crippen molar-refractivity contribution < 1.29 is 9.90 Å². The smallest absolute Gasteiger partial charge is 0.257 e. The van der Waals surface area contributed by atoms with Gasteiger partial charge in [-0.05, 0) is 38.1 Å². The fourth-order valence-electron chi connectivity index (χ4n) is 2.01. The highest BCUT2D eigenvalue weighted by atomic mass is 16.3. The summed E-state index contributed by atoms with van der Waals surface area (Å²) in [6.45, 7) is 4.80. The van der Waals surface area contributed by atoms with Gasteiger partial charge in [-0.25, -0.2) is 0 Å². The monoisotopic (exact) mass is 270 g/mol. The molecule has 1 N–H and O–H groups in total. The van der Waals surface area contributed by atoms with E-state index in [1.54, 1.807) is 29.3 Å². The Morgan fingerprint density at radius 3 is 2.75 bits per heavy atom. The molecule has 0 saturated heterocycles. The van der Waals surface area contributed by atoms with Crippen molar-refractivity contribution in [3.63, 3.8) is 0 Å².